The summed E-state index contributed by atoms with van der Waals surface area (Å²) in [6.07, 6.45) is 0.730. The van der Waals surface area contributed by atoms with E-state index in [1.165, 1.54) is 5.56 Å². The predicted octanol–water partition coefficient (Wildman–Crippen LogP) is 4.74. The Hall–Kier alpha value is -2.14. The third kappa shape index (κ3) is 4.98. The second kappa shape index (κ2) is 8.26. The summed E-state index contributed by atoms with van der Waals surface area (Å²) >= 11 is 1.65. The molecule has 4 nitrogen and oxygen atoms in total. The zero-order valence-corrected chi connectivity index (χ0v) is 17.1. The number of carbonyl (C=O) groups excluding carboxylic acids is 1. The summed E-state index contributed by atoms with van der Waals surface area (Å²) in [6, 6.07) is 15.9. The Morgan fingerprint density at radius 1 is 1.30 bits per heavy atom. The second-order valence-electron chi connectivity index (χ2n) is 7.47. The van der Waals surface area contributed by atoms with Crippen LogP contribution in [0.1, 0.15) is 44.4 Å². The maximum Gasteiger partial charge on any atom is 0.233 e. The molecule has 1 amide bonds. The molecule has 0 unspecified atom stereocenters. The highest BCUT2D eigenvalue weighted by Gasteiger charge is 2.35. The number of fused-ring (bicyclic) bond motifs is 1. The zero-order valence-electron chi connectivity index (χ0n) is 16.3. The smallest absolute Gasteiger partial charge is 0.233 e. The fourth-order valence-corrected chi connectivity index (χ4v) is 4.10. The van der Waals surface area contributed by atoms with Gasteiger partial charge in [0.1, 0.15) is 17.1 Å². The summed E-state index contributed by atoms with van der Waals surface area (Å²) < 4.78 is 11.4. The number of rotatable bonds is 6. The summed E-state index contributed by atoms with van der Waals surface area (Å²) in [5.41, 5.74) is 1.88. The van der Waals surface area contributed by atoms with Gasteiger partial charge in [0.2, 0.25) is 5.91 Å². The van der Waals surface area contributed by atoms with Gasteiger partial charge in [0.05, 0.1) is 18.4 Å². The number of hydrogen-bond acceptors (Lipinski definition) is 4. The fourth-order valence-electron chi connectivity index (χ4n) is 3.25. The first-order valence-corrected chi connectivity index (χ1v) is 10.3. The molecular weight excluding hydrogens is 358 g/mol. The van der Waals surface area contributed by atoms with Crippen molar-refractivity contribution < 1.29 is 14.3 Å². The number of hydrogen-bond donors (Lipinski definition) is 1. The van der Waals surface area contributed by atoms with E-state index in [0.717, 1.165) is 29.2 Å². The standard InChI is InChI=1S/C22H27NO3S/c1-15(27-14-16-8-6-5-7-9-16)21(24)23-19-13-22(2,3)26-20-12-17(25-4)10-11-18(19)20/h5-12,15,19H,13-14H2,1-4H3,(H,23,24)/t15-,19+/m1/s1. The fraction of sp³-hybridized carbons (Fsp3) is 0.409. The number of amides is 1. The minimum atomic E-state index is -0.349. The lowest BCUT2D eigenvalue weighted by atomic mass is 9.89. The molecule has 0 saturated carbocycles. The molecule has 1 aliphatic rings. The van der Waals surface area contributed by atoms with Crippen molar-refractivity contribution in [2.45, 2.75) is 49.8 Å². The van der Waals surface area contributed by atoms with Crippen molar-refractivity contribution in [2.24, 2.45) is 0 Å². The quantitative estimate of drug-likeness (QED) is 0.780. The van der Waals surface area contributed by atoms with Crippen LogP contribution >= 0.6 is 11.8 Å². The highest BCUT2D eigenvalue weighted by molar-refractivity contribution is 7.99. The molecule has 0 aliphatic carbocycles. The van der Waals surface area contributed by atoms with Crippen molar-refractivity contribution in [1.82, 2.24) is 5.32 Å². The molecule has 1 heterocycles. The molecule has 1 aliphatic heterocycles. The lowest BCUT2D eigenvalue weighted by Crippen LogP contribution is -2.43. The molecule has 0 bridgehead atoms. The summed E-state index contributed by atoms with van der Waals surface area (Å²) in [4.78, 5) is 12.8. The van der Waals surface area contributed by atoms with Crippen molar-refractivity contribution in [3.8, 4) is 11.5 Å². The molecule has 2 atom stereocenters. The SMILES string of the molecule is COc1ccc2c(c1)OC(C)(C)C[C@@H]2NC(=O)[C@@H](C)SCc1ccccc1. The van der Waals surface area contributed by atoms with Crippen LogP contribution in [0.2, 0.25) is 0 Å². The molecular formula is C22H27NO3S. The van der Waals surface area contributed by atoms with Gasteiger partial charge in [0, 0.05) is 23.8 Å². The summed E-state index contributed by atoms with van der Waals surface area (Å²) in [6.45, 7) is 6.05. The Morgan fingerprint density at radius 3 is 2.74 bits per heavy atom. The van der Waals surface area contributed by atoms with Crippen LogP contribution in [0.15, 0.2) is 48.5 Å². The van der Waals surface area contributed by atoms with E-state index in [0.29, 0.717) is 0 Å². The molecule has 0 radical (unpaired) electrons. The van der Waals surface area contributed by atoms with E-state index in [2.05, 4.69) is 17.4 Å². The molecule has 144 valence electrons. The van der Waals surface area contributed by atoms with Crippen molar-refractivity contribution in [3.05, 3.63) is 59.7 Å². The van der Waals surface area contributed by atoms with Gasteiger partial charge in [-0.2, -0.15) is 0 Å². The lowest BCUT2D eigenvalue weighted by Gasteiger charge is -2.38. The van der Waals surface area contributed by atoms with E-state index in [-0.39, 0.29) is 22.8 Å². The molecule has 1 N–H and O–H groups in total. The molecule has 0 spiro atoms. The minimum Gasteiger partial charge on any atom is -0.497 e. The molecule has 0 aromatic heterocycles. The lowest BCUT2D eigenvalue weighted by molar-refractivity contribution is -0.121. The first kappa shape index (κ1) is 19.6. The Labute approximate surface area is 165 Å². The minimum absolute atomic E-state index is 0.0559. The summed E-state index contributed by atoms with van der Waals surface area (Å²) in [5, 5.41) is 3.10. The molecule has 0 saturated heterocycles. The number of methoxy groups -OCH3 is 1. The van der Waals surface area contributed by atoms with Crippen LogP contribution in [0.4, 0.5) is 0 Å². The van der Waals surface area contributed by atoms with E-state index >= 15 is 0 Å². The molecule has 2 aromatic carbocycles. The van der Waals surface area contributed by atoms with Gasteiger partial charge < -0.3 is 14.8 Å². The molecule has 27 heavy (non-hydrogen) atoms. The van der Waals surface area contributed by atoms with Crippen LogP contribution in [-0.4, -0.2) is 23.9 Å². The van der Waals surface area contributed by atoms with Gasteiger partial charge >= 0.3 is 0 Å². The van der Waals surface area contributed by atoms with Gasteiger partial charge in [-0.05, 0) is 38.5 Å². The molecule has 0 fully saturated rings. The second-order valence-corrected chi connectivity index (χ2v) is 8.80. The number of nitrogens with one attached hydrogen (secondary N) is 1. The number of carbonyl (C=O) groups is 1. The van der Waals surface area contributed by atoms with E-state index in [4.69, 9.17) is 9.47 Å². The van der Waals surface area contributed by atoms with Crippen molar-refractivity contribution >= 4 is 17.7 Å². The van der Waals surface area contributed by atoms with Gasteiger partial charge in [0.25, 0.3) is 0 Å². The third-order valence-electron chi connectivity index (χ3n) is 4.71. The van der Waals surface area contributed by atoms with Crippen LogP contribution in [0, 0.1) is 0 Å². The van der Waals surface area contributed by atoms with Crippen LogP contribution in [0.5, 0.6) is 11.5 Å². The normalized spacial score (nSPS) is 18.7. The first-order chi connectivity index (χ1) is 12.9. The maximum atomic E-state index is 12.8. The van der Waals surface area contributed by atoms with Crippen LogP contribution < -0.4 is 14.8 Å². The molecule has 3 rings (SSSR count). The van der Waals surface area contributed by atoms with E-state index in [9.17, 15) is 4.79 Å². The summed E-state index contributed by atoms with van der Waals surface area (Å²) in [7, 11) is 1.64. The summed E-state index contributed by atoms with van der Waals surface area (Å²) in [5.74, 6) is 2.41. The maximum absolute atomic E-state index is 12.8. The van der Waals surface area contributed by atoms with E-state index in [1.54, 1.807) is 18.9 Å². The number of thioether (sulfide) groups is 1. The van der Waals surface area contributed by atoms with Crippen LogP contribution in [-0.2, 0) is 10.5 Å². The third-order valence-corrected chi connectivity index (χ3v) is 5.92. The number of benzene rings is 2. The Morgan fingerprint density at radius 2 is 2.04 bits per heavy atom. The predicted molar refractivity (Wildman–Crippen MR) is 110 cm³/mol. The molecule has 5 heteroatoms. The van der Waals surface area contributed by atoms with Gasteiger partial charge in [-0.25, -0.2) is 0 Å². The Kier molecular flexibility index (Phi) is 6.00. The van der Waals surface area contributed by atoms with Gasteiger partial charge in [-0.3, -0.25) is 4.79 Å². The largest absolute Gasteiger partial charge is 0.497 e. The van der Waals surface area contributed by atoms with Gasteiger partial charge in [-0.15, -0.1) is 11.8 Å². The van der Waals surface area contributed by atoms with E-state index < -0.39 is 0 Å². The van der Waals surface area contributed by atoms with Crippen molar-refractivity contribution in [3.63, 3.8) is 0 Å². The first-order valence-electron chi connectivity index (χ1n) is 9.21. The van der Waals surface area contributed by atoms with Gasteiger partial charge in [0.15, 0.2) is 0 Å². The molecule has 2 aromatic rings. The number of ether oxygens (including phenoxy) is 2. The topological polar surface area (TPSA) is 47.6 Å². The van der Waals surface area contributed by atoms with Crippen molar-refractivity contribution in [1.29, 1.82) is 0 Å². The Bertz CT molecular complexity index is 791. The van der Waals surface area contributed by atoms with Crippen LogP contribution in [0.25, 0.3) is 0 Å². The van der Waals surface area contributed by atoms with E-state index in [1.807, 2.05) is 57.2 Å². The highest BCUT2D eigenvalue weighted by Crippen LogP contribution is 2.41. The van der Waals surface area contributed by atoms with Crippen LogP contribution in [0.3, 0.4) is 0 Å². The van der Waals surface area contributed by atoms with Gasteiger partial charge in [-0.1, -0.05) is 30.3 Å². The monoisotopic (exact) mass is 385 g/mol. The Balaban J connectivity index is 1.68. The average Bonchev–Trinajstić information content (AvgIpc) is 2.65. The van der Waals surface area contributed by atoms with Crippen molar-refractivity contribution in [2.75, 3.05) is 7.11 Å². The zero-order chi connectivity index (χ0) is 19.4. The average molecular weight is 386 g/mol. The highest BCUT2D eigenvalue weighted by atomic mass is 32.2.